The van der Waals surface area contributed by atoms with Gasteiger partial charge in [-0.05, 0) is 6.07 Å². The summed E-state index contributed by atoms with van der Waals surface area (Å²) in [5, 5.41) is 8.75. The van der Waals surface area contributed by atoms with Crippen LogP contribution >= 0.6 is 0 Å². The predicted molar refractivity (Wildman–Crippen MR) is 58.3 cm³/mol. The van der Waals surface area contributed by atoms with E-state index in [-0.39, 0.29) is 18.7 Å². The summed E-state index contributed by atoms with van der Waals surface area (Å²) in [4.78, 5) is 23.3. The summed E-state index contributed by atoms with van der Waals surface area (Å²) in [6, 6.07) is 0.828. The molecule has 1 atom stereocenters. The number of rotatable bonds is 2. The summed E-state index contributed by atoms with van der Waals surface area (Å²) in [7, 11) is 0. The molecule has 1 aromatic rings. The predicted octanol–water partition coefficient (Wildman–Crippen LogP) is 0.727. The highest BCUT2D eigenvalue weighted by Crippen LogP contribution is 2.27. The largest absolute Gasteiger partial charge is 0.478 e. The first-order valence-corrected chi connectivity index (χ1v) is 5.18. The topological polar surface area (TPSA) is 83.6 Å². The fourth-order valence-corrected chi connectivity index (χ4v) is 1.88. The maximum absolute atomic E-state index is 13.6. The zero-order valence-corrected chi connectivity index (χ0v) is 9.19. The zero-order valence-electron chi connectivity index (χ0n) is 9.19. The van der Waals surface area contributed by atoms with Crippen LogP contribution in [0, 0.1) is 11.6 Å². The van der Waals surface area contributed by atoms with Gasteiger partial charge in [0.05, 0.1) is 11.3 Å². The molecule has 0 aliphatic carbocycles. The van der Waals surface area contributed by atoms with Crippen LogP contribution in [0.15, 0.2) is 12.1 Å². The highest BCUT2D eigenvalue weighted by molar-refractivity contribution is 5.98. The second-order valence-corrected chi connectivity index (χ2v) is 4.06. The van der Waals surface area contributed by atoms with Crippen LogP contribution in [0.1, 0.15) is 16.8 Å². The maximum Gasteiger partial charge on any atom is 0.338 e. The highest BCUT2D eigenvalue weighted by Gasteiger charge is 2.31. The SMILES string of the molecule is NC1CC(=O)N(c2cc(C(=O)O)c(F)cc2F)C1. The van der Waals surface area contributed by atoms with Crippen LogP contribution in [-0.4, -0.2) is 29.6 Å². The fourth-order valence-electron chi connectivity index (χ4n) is 1.88. The van der Waals surface area contributed by atoms with Crippen LogP contribution in [0.25, 0.3) is 0 Å². The molecule has 0 aromatic heterocycles. The third kappa shape index (κ3) is 2.04. The molecule has 1 amide bonds. The summed E-state index contributed by atoms with van der Waals surface area (Å²) in [5.74, 6) is -4.10. The van der Waals surface area contributed by atoms with Gasteiger partial charge < -0.3 is 15.7 Å². The molecule has 1 unspecified atom stereocenters. The quantitative estimate of drug-likeness (QED) is 0.817. The summed E-state index contributed by atoms with van der Waals surface area (Å²) in [6.07, 6.45) is 0.0548. The number of hydrogen-bond acceptors (Lipinski definition) is 3. The molecule has 0 bridgehead atoms. The van der Waals surface area contributed by atoms with E-state index in [2.05, 4.69) is 0 Å². The Hall–Kier alpha value is -2.02. The van der Waals surface area contributed by atoms with E-state index in [0.717, 1.165) is 11.0 Å². The normalized spacial score (nSPS) is 19.4. The molecule has 1 aliphatic rings. The van der Waals surface area contributed by atoms with Crippen molar-refractivity contribution in [2.75, 3.05) is 11.4 Å². The van der Waals surface area contributed by atoms with Crippen molar-refractivity contribution in [2.24, 2.45) is 5.73 Å². The number of carbonyl (C=O) groups excluding carboxylic acids is 1. The number of carboxylic acids is 1. The van der Waals surface area contributed by atoms with Crippen LogP contribution in [0.5, 0.6) is 0 Å². The number of benzene rings is 1. The summed E-state index contributed by atoms with van der Waals surface area (Å²) in [6.45, 7) is 0.0838. The zero-order chi connectivity index (χ0) is 13.4. The summed E-state index contributed by atoms with van der Waals surface area (Å²) < 4.78 is 26.8. The third-order valence-electron chi connectivity index (χ3n) is 2.71. The number of aromatic carboxylic acids is 1. The average Bonchev–Trinajstić information content (AvgIpc) is 2.57. The van der Waals surface area contributed by atoms with Crippen molar-refractivity contribution in [1.82, 2.24) is 0 Å². The van der Waals surface area contributed by atoms with E-state index in [1.807, 2.05) is 0 Å². The molecular formula is C11H10F2N2O3. The molecule has 96 valence electrons. The van der Waals surface area contributed by atoms with E-state index in [9.17, 15) is 18.4 Å². The van der Waals surface area contributed by atoms with Gasteiger partial charge in [0, 0.05) is 25.1 Å². The van der Waals surface area contributed by atoms with E-state index < -0.39 is 35.1 Å². The highest BCUT2D eigenvalue weighted by atomic mass is 19.1. The maximum atomic E-state index is 13.6. The molecule has 18 heavy (non-hydrogen) atoms. The number of anilines is 1. The van der Waals surface area contributed by atoms with Crippen molar-refractivity contribution in [3.63, 3.8) is 0 Å². The number of nitrogens with two attached hydrogens (primary N) is 1. The van der Waals surface area contributed by atoms with Crippen LogP contribution in [0.3, 0.4) is 0 Å². The van der Waals surface area contributed by atoms with Crippen LogP contribution < -0.4 is 10.6 Å². The minimum absolute atomic E-state index is 0.0548. The van der Waals surface area contributed by atoms with Gasteiger partial charge in [-0.3, -0.25) is 4.79 Å². The lowest BCUT2D eigenvalue weighted by atomic mass is 10.1. The lowest BCUT2D eigenvalue weighted by Crippen LogP contribution is -2.29. The second kappa shape index (κ2) is 4.34. The van der Waals surface area contributed by atoms with Gasteiger partial charge in [-0.15, -0.1) is 0 Å². The molecular weight excluding hydrogens is 246 g/mol. The van der Waals surface area contributed by atoms with Gasteiger partial charge in [0.2, 0.25) is 5.91 Å². The van der Waals surface area contributed by atoms with Gasteiger partial charge in [0.15, 0.2) is 0 Å². The first-order chi connectivity index (χ1) is 8.40. The van der Waals surface area contributed by atoms with E-state index in [1.54, 1.807) is 0 Å². The van der Waals surface area contributed by atoms with Crippen molar-refractivity contribution >= 4 is 17.6 Å². The smallest absolute Gasteiger partial charge is 0.338 e. The third-order valence-corrected chi connectivity index (χ3v) is 2.71. The van der Waals surface area contributed by atoms with Crippen LogP contribution in [0.2, 0.25) is 0 Å². The number of carbonyl (C=O) groups is 2. The van der Waals surface area contributed by atoms with E-state index in [0.29, 0.717) is 6.07 Å². The molecule has 7 heteroatoms. The molecule has 5 nitrogen and oxygen atoms in total. The molecule has 0 spiro atoms. The molecule has 1 saturated heterocycles. The average molecular weight is 256 g/mol. The number of hydrogen-bond donors (Lipinski definition) is 2. The van der Waals surface area contributed by atoms with Crippen molar-refractivity contribution in [2.45, 2.75) is 12.5 Å². The second-order valence-electron chi connectivity index (χ2n) is 4.06. The Morgan fingerprint density at radius 3 is 2.56 bits per heavy atom. The number of halogens is 2. The Bertz CT molecular complexity index is 533. The van der Waals surface area contributed by atoms with Crippen LogP contribution in [0.4, 0.5) is 14.5 Å². The van der Waals surface area contributed by atoms with Crippen molar-refractivity contribution < 1.29 is 23.5 Å². The standard InChI is InChI=1S/C11H10F2N2O3/c12-7-3-8(13)9(2-6(7)11(17)18)15-4-5(14)1-10(15)16/h2-3,5H,1,4,14H2,(H,17,18). The van der Waals surface area contributed by atoms with E-state index in [1.165, 1.54) is 0 Å². The molecule has 0 radical (unpaired) electrons. The van der Waals surface area contributed by atoms with Gasteiger partial charge in [0.1, 0.15) is 11.6 Å². The first-order valence-electron chi connectivity index (χ1n) is 5.18. The molecule has 3 N–H and O–H groups in total. The Morgan fingerprint density at radius 1 is 1.39 bits per heavy atom. The first kappa shape index (κ1) is 12.4. The minimum Gasteiger partial charge on any atom is -0.478 e. The van der Waals surface area contributed by atoms with Gasteiger partial charge >= 0.3 is 5.97 Å². The molecule has 1 aliphatic heterocycles. The van der Waals surface area contributed by atoms with Crippen molar-refractivity contribution in [3.05, 3.63) is 29.3 Å². The van der Waals surface area contributed by atoms with Crippen LogP contribution in [-0.2, 0) is 4.79 Å². The fraction of sp³-hybridized carbons (Fsp3) is 0.273. The Balaban J connectivity index is 2.48. The van der Waals surface area contributed by atoms with Gasteiger partial charge in [-0.1, -0.05) is 0 Å². The summed E-state index contributed by atoms with van der Waals surface area (Å²) in [5.41, 5.74) is 4.62. The van der Waals surface area contributed by atoms with Gasteiger partial charge in [0.25, 0.3) is 0 Å². The monoisotopic (exact) mass is 256 g/mol. The Kier molecular flexibility index (Phi) is 3.00. The lowest BCUT2D eigenvalue weighted by Gasteiger charge is -2.17. The van der Waals surface area contributed by atoms with E-state index >= 15 is 0 Å². The van der Waals surface area contributed by atoms with Gasteiger partial charge in [-0.25, -0.2) is 13.6 Å². The minimum atomic E-state index is -1.52. The van der Waals surface area contributed by atoms with E-state index in [4.69, 9.17) is 10.8 Å². The Labute approximate surface area is 101 Å². The number of nitrogens with zero attached hydrogens (tertiary/aromatic N) is 1. The molecule has 1 aromatic carbocycles. The van der Waals surface area contributed by atoms with Crippen molar-refractivity contribution in [3.8, 4) is 0 Å². The Morgan fingerprint density at radius 2 is 2.06 bits per heavy atom. The molecule has 2 rings (SSSR count). The molecule has 0 saturated carbocycles. The number of amides is 1. The molecule has 1 fully saturated rings. The lowest BCUT2D eigenvalue weighted by molar-refractivity contribution is -0.117. The van der Waals surface area contributed by atoms with Crippen molar-refractivity contribution in [1.29, 1.82) is 0 Å². The number of carboxylic acid groups (broad SMARTS) is 1. The van der Waals surface area contributed by atoms with Gasteiger partial charge in [-0.2, -0.15) is 0 Å². The molecule has 1 heterocycles. The summed E-state index contributed by atoms with van der Waals surface area (Å²) >= 11 is 0.